The van der Waals surface area contributed by atoms with Crippen molar-refractivity contribution in [2.75, 3.05) is 14.2 Å². The van der Waals surface area contributed by atoms with E-state index in [1.54, 1.807) is 48.1 Å². The summed E-state index contributed by atoms with van der Waals surface area (Å²) in [6.45, 7) is 0. The van der Waals surface area contributed by atoms with Gasteiger partial charge in [0, 0.05) is 18.6 Å². The van der Waals surface area contributed by atoms with E-state index in [-0.39, 0.29) is 19.6 Å². The molecular weight excluding hydrogens is 450 g/mol. The first-order valence-electron chi connectivity index (χ1n) is 9.56. The number of ether oxygens (including phenoxy) is 2. The maximum atomic E-state index is 13.4. The Bertz CT molecular complexity index is 1500. The number of methoxy groups -OCH3 is 2. The van der Waals surface area contributed by atoms with Crippen LogP contribution in [0.2, 0.25) is 0 Å². The van der Waals surface area contributed by atoms with Gasteiger partial charge in [0.25, 0.3) is 0 Å². The van der Waals surface area contributed by atoms with E-state index in [2.05, 4.69) is 0 Å². The fourth-order valence-corrected chi connectivity index (χ4v) is 6.52. The molecule has 166 valence electrons. The SMILES string of the molecule is COc1ccc(S(=O)(=O)c2ccc(S(=O)(=O)c3ccc(OC)cc3)c3c2ccn3C)cc1. The summed E-state index contributed by atoms with van der Waals surface area (Å²) < 4.78 is 65.3. The molecule has 0 amide bonds. The minimum absolute atomic E-state index is 0.0267. The Morgan fingerprint density at radius 3 is 1.53 bits per heavy atom. The van der Waals surface area contributed by atoms with Crippen LogP contribution in [0.1, 0.15) is 0 Å². The van der Waals surface area contributed by atoms with Crippen molar-refractivity contribution in [2.45, 2.75) is 19.6 Å². The maximum Gasteiger partial charge on any atom is 0.208 e. The van der Waals surface area contributed by atoms with Crippen LogP contribution < -0.4 is 9.47 Å². The van der Waals surface area contributed by atoms with Crippen LogP contribution in [0, 0.1) is 0 Å². The van der Waals surface area contributed by atoms with Gasteiger partial charge in [-0.2, -0.15) is 0 Å². The first-order valence-corrected chi connectivity index (χ1v) is 12.5. The summed E-state index contributed by atoms with van der Waals surface area (Å²) in [7, 11) is -3.12. The molecule has 7 nitrogen and oxygen atoms in total. The van der Waals surface area contributed by atoms with Gasteiger partial charge in [-0.25, -0.2) is 16.8 Å². The van der Waals surface area contributed by atoms with Crippen LogP contribution in [0.25, 0.3) is 10.9 Å². The van der Waals surface area contributed by atoms with E-state index in [1.165, 1.54) is 50.6 Å². The zero-order valence-electron chi connectivity index (χ0n) is 17.6. The number of aromatic nitrogens is 1. The van der Waals surface area contributed by atoms with Gasteiger partial charge >= 0.3 is 0 Å². The molecule has 0 spiro atoms. The van der Waals surface area contributed by atoms with Crippen molar-refractivity contribution in [3.05, 3.63) is 72.9 Å². The third-order valence-corrected chi connectivity index (χ3v) is 8.91. The molecule has 0 fully saturated rings. The lowest BCUT2D eigenvalue weighted by Gasteiger charge is -2.12. The van der Waals surface area contributed by atoms with Crippen molar-refractivity contribution in [1.29, 1.82) is 0 Å². The van der Waals surface area contributed by atoms with Crippen LogP contribution in [0.4, 0.5) is 0 Å². The molecule has 0 bridgehead atoms. The minimum Gasteiger partial charge on any atom is -0.497 e. The van der Waals surface area contributed by atoms with Crippen molar-refractivity contribution in [2.24, 2.45) is 7.05 Å². The molecule has 0 saturated carbocycles. The smallest absolute Gasteiger partial charge is 0.208 e. The second-order valence-electron chi connectivity index (χ2n) is 7.11. The molecule has 1 heterocycles. The van der Waals surface area contributed by atoms with Crippen molar-refractivity contribution < 1.29 is 26.3 Å². The monoisotopic (exact) mass is 471 g/mol. The van der Waals surface area contributed by atoms with E-state index >= 15 is 0 Å². The number of aryl methyl sites for hydroxylation is 1. The molecule has 4 aromatic rings. The molecule has 0 aliphatic heterocycles. The Morgan fingerprint density at radius 2 is 1.06 bits per heavy atom. The van der Waals surface area contributed by atoms with E-state index in [9.17, 15) is 16.8 Å². The summed E-state index contributed by atoms with van der Waals surface area (Å²) in [5.41, 5.74) is 0.315. The predicted molar refractivity (Wildman–Crippen MR) is 120 cm³/mol. The second-order valence-corrected chi connectivity index (χ2v) is 10.9. The molecule has 0 unspecified atom stereocenters. The zero-order chi connectivity index (χ0) is 23.1. The Kier molecular flexibility index (Phi) is 5.47. The van der Waals surface area contributed by atoms with Crippen molar-refractivity contribution in [3.63, 3.8) is 0 Å². The number of nitrogens with zero attached hydrogens (tertiary/aromatic N) is 1. The van der Waals surface area contributed by atoms with Crippen LogP contribution in [0.15, 0.2) is 92.5 Å². The van der Waals surface area contributed by atoms with Gasteiger partial charge in [0.05, 0.1) is 39.3 Å². The maximum absolute atomic E-state index is 13.4. The molecule has 0 N–H and O–H groups in total. The fraction of sp³-hybridized carbons (Fsp3) is 0.130. The lowest BCUT2D eigenvalue weighted by Crippen LogP contribution is -2.08. The highest BCUT2D eigenvalue weighted by atomic mass is 32.2. The van der Waals surface area contributed by atoms with Crippen molar-refractivity contribution in [1.82, 2.24) is 4.57 Å². The van der Waals surface area contributed by atoms with Crippen LogP contribution in [0.5, 0.6) is 11.5 Å². The van der Waals surface area contributed by atoms with Gasteiger partial charge in [-0.05, 0) is 66.7 Å². The Morgan fingerprint density at radius 1 is 0.625 bits per heavy atom. The van der Waals surface area contributed by atoms with Gasteiger partial charge in [-0.15, -0.1) is 0 Å². The molecule has 9 heteroatoms. The number of benzene rings is 3. The van der Waals surface area contributed by atoms with Gasteiger partial charge < -0.3 is 14.0 Å². The number of rotatable bonds is 6. The molecule has 0 aliphatic rings. The first kappa shape index (κ1) is 21.9. The summed E-state index contributed by atoms with van der Waals surface area (Å²) in [6.07, 6.45) is 1.64. The highest BCUT2D eigenvalue weighted by Crippen LogP contribution is 2.35. The van der Waals surface area contributed by atoms with Gasteiger partial charge in [-0.1, -0.05) is 0 Å². The average molecular weight is 472 g/mol. The van der Waals surface area contributed by atoms with E-state index in [0.29, 0.717) is 22.4 Å². The highest BCUT2D eigenvalue weighted by Gasteiger charge is 2.27. The molecule has 0 atom stereocenters. The van der Waals surface area contributed by atoms with Gasteiger partial charge in [-0.3, -0.25) is 0 Å². The lowest BCUT2D eigenvalue weighted by molar-refractivity contribution is 0.414. The zero-order valence-corrected chi connectivity index (χ0v) is 19.3. The van der Waals surface area contributed by atoms with Crippen LogP contribution in [-0.4, -0.2) is 35.6 Å². The Labute approximate surface area is 186 Å². The van der Waals surface area contributed by atoms with Crippen LogP contribution in [0.3, 0.4) is 0 Å². The summed E-state index contributed by atoms with van der Waals surface area (Å²) in [5, 5.41) is 0.331. The van der Waals surface area contributed by atoms with E-state index in [0.717, 1.165) is 0 Å². The summed E-state index contributed by atoms with van der Waals surface area (Å²) in [5.74, 6) is 1.07. The quantitative estimate of drug-likeness (QED) is 0.424. The average Bonchev–Trinajstić information content (AvgIpc) is 3.20. The summed E-state index contributed by atoms with van der Waals surface area (Å²) >= 11 is 0. The fourth-order valence-electron chi connectivity index (χ4n) is 3.57. The number of sulfone groups is 2. The van der Waals surface area contributed by atoms with Gasteiger partial charge in [0.1, 0.15) is 11.5 Å². The molecule has 0 radical (unpaired) electrons. The van der Waals surface area contributed by atoms with Crippen LogP contribution in [-0.2, 0) is 26.7 Å². The number of fused-ring (bicyclic) bond motifs is 1. The summed E-state index contributed by atoms with van der Waals surface area (Å²) in [6, 6.07) is 16.4. The van der Waals surface area contributed by atoms with E-state index < -0.39 is 19.7 Å². The third-order valence-electron chi connectivity index (χ3n) is 5.28. The molecule has 4 rings (SSSR count). The Hall–Kier alpha value is -3.30. The Balaban J connectivity index is 1.90. The molecule has 0 aliphatic carbocycles. The summed E-state index contributed by atoms with van der Waals surface area (Å²) in [4.78, 5) is 0.242. The number of hydrogen-bond acceptors (Lipinski definition) is 6. The molecule has 0 saturated heterocycles. The van der Waals surface area contributed by atoms with E-state index in [4.69, 9.17) is 9.47 Å². The second kappa shape index (κ2) is 7.99. The van der Waals surface area contributed by atoms with Crippen molar-refractivity contribution in [3.8, 4) is 11.5 Å². The molecular formula is C23H21NO6S2. The van der Waals surface area contributed by atoms with Crippen LogP contribution >= 0.6 is 0 Å². The topological polar surface area (TPSA) is 91.7 Å². The predicted octanol–water partition coefficient (Wildman–Crippen LogP) is 3.86. The molecule has 3 aromatic carbocycles. The number of hydrogen-bond donors (Lipinski definition) is 0. The van der Waals surface area contributed by atoms with Gasteiger partial charge in [0.2, 0.25) is 19.7 Å². The highest BCUT2D eigenvalue weighted by molar-refractivity contribution is 7.92. The minimum atomic E-state index is -3.91. The third kappa shape index (κ3) is 3.53. The molecule has 32 heavy (non-hydrogen) atoms. The van der Waals surface area contributed by atoms with E-state index in [1.807, 2.05) is 0 Å². The largest absolute Gasteiger partial charge is 0.497 e. The van der Waals surface area contributed by atoms with Gasteiger partial charge in [0.15, 0.2) is 0 Å². The standard InChI is InChI=1S/C23H21NO6S2/c1-24-15-14-20-21(31(25,26)18-8-4-16(29-2)5-9-18)12-13-22(23(20)24)32(27,28)19-10-6-17(30-3)7-11-19/h4-15H,1-3H3. The van der Waals surface area contributed by atoms with Crippen molar-refractivity contribution >= 4 is 30.6 Å². The molecule has 1 aromatic heterocycles. The lowest BCUT2D eigenvalue weighted by atomic mass is 10.2. The normalized spacial score (nSPS) is 12.1. The first-order chi connectivity index (χ1) is 15.2.